The summed E-state index contributed by atoms with van der Waals surface area (Å²) >= 11 is 5.14. The molecule has 0 unspecified atom stereocenters. The van der Waals surface area contributed by atoms with E-state index >= 15 is 0 Å². The van der Waals surface area contributed by atoms with Crippen LogP contribution in [0.2, 0.25) is 0 Å². The zero-order valence-corrected chi connectivity index (χ0v) is 11.0. The molecular formula is C11H14N6S. The van der Waals surface area contributed by atoms with E-state index in [4.69, 9.17) is 12.2 Å². The second-order valence-corrected chi connectivity index (χ2v) is 4.03. The number of nitrogens with zero attached hydrogens (tertiary/aromatic N) is 4. The van der Waals surface area contributed by atoms with Gasteiger partial charge in [-0.1, -0.05) is 0 Å². The van der Waals surface area contributed by atoms with E-state index in [9.17, 15) is 0 Å². The molecule has 0 aromatic carbocycles. The molecule has 0 spiro atoms. The maximum absolute atomic E-state index is 5.14. The molecule has 2 heterocycles. The Labute approximate surface area is 110 Å². The molecule has 0 radical (unpaired) electrons. The molecule has 0 fully saturated rings. The highest BCUT2D eigenvalue weighted by Gasteiger charge is 2.09. The molecule has 2 N–H and O–H groups in total. The average Bonchev–Trinajstić information content (AvgIpc) is 2.86. The maximum Gasteiger partial charge on any atom is 0.171 e. The van der Waals surface area contributed by atoms with Crippen LogP contribution in [-0.2, 0) is 0 Å². The van der Waals surface area contributed by atoms with Crippen LogP contribution in [-0.4, -0.2) is 31.2 Å². The summed E-state index contributed by atoms with van der Waals surface area (Å²) in [4.78, 5) is 12.4. The Morgan fingerprint density at radius 1 is 1.44 bits per heavy atom. The molecule has 2 rings (SSSR count). The molecular weight excluding hydrogens is 248 g/mol. The van der Waals surface area contributed by atoms with Crippen molar-refractivity contribution in [2.24, 2.45) is 0 Å². The van der Waals surface area contributed by atoms with Crippen molar-refractivity contribution >= 4 is 23.1 Å². The molecule has 18 heavy (non-hydrogen) atoms. The molecule has 7 heteroatoms. The van der Waals surface area contributed by atoms with Crippen molar-refractivity contribution in [1.29, 1.82) is 0 Å². The first kappa shape index (κ1) is 12.4. The fourth-order valence-electron chi connectivity index (χ4n) is 1.52. The molecule has 0 saturated carbocycles. The van der Waals surface area contributed by atoms with Crippen molar-refractivity contribution in [2.45, 2.75) is 13.8 Å². The molecule has 2 aromatic rings. The van der Waals surface area contributed by atoms with Gasteiger partial charge in [0.2, 0.25) is 0 Å². The minimum absolute atomic E-state index is 0.552. The van der Waals surface area contributed by atoms with Gasteiger partial charge in [0.05, 0.1) is 0 Å². The second kappa shape index (κ2) is 5.54. The minimum Gasteiger partial charge on any atom is -0.363 e. The predicted molar refractivity (Wildman–Crippen MR) is 73.8 cm³/mol. The van der Waals surface area contributed by atoms with E-state index in [-0.39, 0.29) is 0 Å². The topological polar surface area (TPSA) is 67.7 Å². The lowest BCUT2D eigenvalue weighted by Crippen LogP contribution is -2.28. The number of rotatable bonds is 3. The van der Waals surface area contributed by atoms with Crippen molar-refractivity contribution < 1.29 is 0 Å². The molecule has 0 aliphatic rings. The molecule has 0 bridgehead atoms. The van der Waals surface area contributed by atoms with Crippen LogP contribution in [0.15, 0.2) is 25.0 Å². The molecule has 0 aliphatic carbocycles. The van der Waals surface area contributed by atoms with Crippen molar-refractivity contribution in [2.75, 3.05) is 11.9 Å². The summed E-state index contributed by atoms with van der Waals surface area (Å²) in [5.41, 5.74) is 0.913. The maximum atomic E-state index is 5.14. The summed E-state index contributed by atoms with van der Waals surface area (Å²) in [6, 6.07) is 0. The van der Waals surface area contributed by atoms with Crippen LogP contribution in [0.4, 0.5) is 5.82 Å². The van der Waals surface area contributed by atoms with E-state index < -0.39 is 0 Å². The van der Waals surface area contributed by atoms with Crippen LogP contribution in [0.3, 0.4) is 0 Å². The van der Waals surface area contributed by atoms with Gasteiger partial charge in [0.1, 0.15) is 24.3 Å². The van der Waals surface area contributed by atoms with Gasteiger partial charge in [-0.15, -0.1) is 0 Å². The van der Waals surface area contributed by atoms with E-state index in [0.717, 1.165) is 17.9 Å². The third-order valence-electron chi connectivity index (χ3n) is 2.38. The molecule has 0 amide bonds. The fourth-order valence-corrected chi connectivity index (χ4v) is 1.76. The summed E-state index contributed by atoms with van der Waals surface area (Å²) in [5.74, 6) is 1.48. The van der Waals surface area contributed by atoms with Crippen molar-refractivity contribution in [3.05, 3.63) is 30.6 Å². The van der Waals surface area contributed by atoms with Crippen LogP contribution >= 0.6 is 12.2 Å². The fraction of sp³-hybridized carbons (Fsp3) is 0.273. The highest BCUT2D eigenvalue weighted by Crippen LogP contribution is 2.16. The summed E-state index contributed by atoms with van der Waals surface area (Å²) in [5, 5.41) is 6.62. The largest absolute Gasteiger partial charge is 0.363 e. The first-order valence-electron chi connectivity index (χ1n) is 5.57. The van der Waals surface area contributed by atoms with E-state index in [1.54, 1.807) is 12.5 Å². The number of nitrogens with one attached hydrogen (secondary N) is 2. The Hall–Kier alpha value is -2.02. The number of anilines is 1. The van der Waals surface area contributed by atoms with Gasteiger partial charge in [-0.3, -0.25) is 4.57 Å². The Balaban J connectivity index is 2.28. The number of thiocarbonyl (C=S) groups is 1. The Morgan fingerprint density at radius 3 is 2.94 bits per heavy atom. The summed E-state index contributed by atoms with van der Waals surface area (Å²) < 4.78 is 1.83. The van der Waals surface area contributed by atoms with Gasteiger partial charge < -0.3 is 10.6 Å². The van der Waals surface area contributed by atoms with E-state index in [1.165, 1.54) is 6.33 Å². The normalized spacial score (nSPS) is 10.1. The molecule has 0 atom stereocenters. The van der Waals surface area contributed by atoms with E-state index in [1.807, 2.05) is 24.6 Å². The lowest BCUT2D eigenvalue weighted by atomic mass is 10.3. The van der Waals surface area contributed by atoms with Gasteiger partial charge in [-0.25, -0.2) is 15.0 Å². The number of aromatic nitrogens is 4. The number of imidazole rings is 1. The average molecular weight is 262 g/mol. The zero-order chi connectivity index (χ0) is 13.0. The third kappa shape index (κ3) is 2.62. The smallest absolute Gasteiger partial charge is 0.171 e. The van der Waals surface area contributed by atoms with E-state index in [0.29, 0.717) is 10.9 Å². The number of hydrogen-bond donors (Lipinski definition) is 2. The third-order valence-corrected chi connectivity index (χ3v) is 2.62. The van der Waals surface area contributed by atoms with Crippen LogP contribution in [0, 0.1) is 6.92 Å². The van der Waals surface area contributed by atoms with E-state index in [2.05, 4.69) is 25.6 Å². The van der Waals surface area contributed by atoms with Crippen LogP contribution in [0.25, 0.3) is 5.82 Å². The Bertz CT molecular complexity index is 536. The SMILES string of the molecule is CCNC(=S)Nc1ncnc(-n2ccnc2)c1C. The first-order valence-corrected chi connectivity index (χ1v) is 5.98. The van der Waals surface area contributed by atoms with Crippen molar-refractivity contribution in [1.82, 2.24) is 24.8 Å². The number of hydrogen-bond acceptors (Lipinski definition) is 4. The van der Waals surface area contributed by atoms with Crippen molar-refractivity contribution in [3.63, 3.8) is 0 Å². The Morgan fingerprint density at radius 2 is 2.28 bits per heavy atom. The Kier molecular flexibility index (Phi) is 3.83. The summed E-state index contributed by atoms with van der Waals surface area (Å²) in [6.45, 7) is 4.69. The van der Waals surface area contributed by atoms with Crippen molar-refractivity contribution in [3.8, 4) is 5.82 Å². The zero-order valence-electron chi connectivity index (χ0n) is 10.2. The highest BCUT2D eigenvalue weighted by atomic mass is 32.1. The van der Waals surface area contributed by atoms with Gasteiger partial charge in [0, 0.05) is 24.5 Å². The molecule has 6 nitrogen and oxygen atoms in total. The predicted octanol–water partition coefficient (Wildman–Crippen LogP) is 1.28. The van der Waals surface area contributed by atoms with Gasteiger partial charge in [-0.05, 0) is 26.1 Å². The van der Waals surface area contributed by atoms with Gasteiger partial charge in [0.15, 0.2) is 5.11 Å². The lowest BCUT2D eigenvalue weighted by molar-refractivity contribution is 0.948. The van der Waals surface area contributed by atoms with Crippen LogP contribution in [0.5, 0.6) is 0 Å². The molecule has 94 valence electrons. The minimum atomic E-state index is 0.552. The molecule has 0 aliphatic heterocycles. The highest BCUT2D eigenvalue weighted by molar-refractivity contribution is 7.80. The monoisotopic (exact) mass is 262 g/mol. The quantitative estimate of drug-likeness (QED) is 0.812. The lowest BCUT2D eigenvalue weighted by Gasteiger charge is -2.12. The van der Waals surface area contributed by atoms with Gasteiger partial charge in [-0.2, -0.15) is 0 Å². The summed E-state index contributed by atoms with van der Waals surface area (Å²) in [7, 11) is 0. The van der Waals surface area contributed by atoms with Crippen LogP contribution < -0.4 is 10.6 Å². The van der Waals surface area contributed by atoms with Gasteiger partial charge >= 0.3 is 0 Å². The van der Waals surface area contributed by atoms with Gasteiger partial charge in [0.25, 0.3) is 0 Å². The molecule has 2 aromatic heterocycles. The first-order chi connectivity index (χ1) is 8.72. The summed E-state index contributed by atoms with van der Waals surface area (Å²) in [6.07, 6.45) is 6.74. The van der Waals surface area contributed by atoms with Crippen LogP contribution in [0.1, 0.15) is 12.5 Å². The molecule has 0 saturated heterocycles. The standard InChI is InChI=1S/C11H14N6S/c1-3-13-11(18)16-9-8(2)10(15-6-14-9)17-5-4-12-7-17/h4-7H,3H2,1-2H3,(H2,13,14,15,16,18). The second-order valence-electron chi connectivity index (χ2n) is 3.63.